The summed E-state index contributed by atoms with van der Waals surface area (Å²) in [6, 6.07) is 9.34. The molecule has 0 radical (unpaired) electrons. The quantitative estimate of drug-likeness (QED) is 0.790. The van der Waals surface area contributed by atoms with Crippen molar-refractivity contribution in [2.24, 2.45) is 5.92 Å². The fourth-order valence-electron chi connectivity index (χ4n) is 2.26. The van der Waals surface area contributed by atoms with Crippen LogP contribution in [0, 0.1) is 12.8 Å². The van der Waals surface area contributed by atoms with Crippen molar-refractivity contribution in [1.29, 1.82) is 0 Å². The summed E-state index contributed by atoms with van der Waals surface area (Å²) in [4.78, 5) is 0. The molecule has 1 N–H and O–H groups in total. The highest BCUT2D eigenvalue weighted by Crippen LogP contribution is 2.29. The fraction of sp³-hybridized carbons (Fsp3) is 0.600. The number of nitrogens with one attached hydrogen (secondary N) is 1. The number of aryl methyl sites for hydroxylation is 1. The highest BCUT2D eigenvalue weighted by Gasteiger charge is 2.16. The minimum atomic E-state index is 0.487. The van der Waals surface area contributed by atoms with E-state index in [0.29, 0.717) is 6.04 Å². The van der Waals surface area contributed by atoms with Gasteiger partial charge in [0.25, 0.3) is 0 Å². The Morgan fingerprint density at radius 1 is 1.25 bits per heavy atom. The van der Waals surface area contributed by atoms with Crippen molar-refractivity contribution in [3.63, 3.8) is 0 Å². The van der Waals surface area contributed by atoms with Crippen LogP contribution in [0.3, 0.4) is 0 Å². The third kappa shape index (κ3) is 3.08. The van der Waals surface area contributed by atoms with Gasteiger partial charge in [-0.25, -0.2) is 0 Å². The largest absolute Gasteiger partial charge is 0.310 e. The molecule has 1 aliphatic rings. The first-order chi connectivity index (χ1) is 7.75. The number of benzene rings is 1. The molecule has 1 unspecified atom stereocenters. The highest BCUT2D eigenvalue weighted by atomic mass is 14.9. The molecule has 1 atom stereocenters. The molecule has 2 rings (SSSR count). The van der Waals surface area contributed by atoms with Crippen molar-refractivity contribution >= 4 is 0 Å². The summed E-state index contributed by atoms with van der Waals surface area (Å²) in [5, 5.41) is 3.62. The molecule has 0 aliphatic heterocycles. The lowest BCUT2D eigenvalue weighted by atomic mass is 9.83. The van der Waals surface area contributed by atoms with Crippen LogP contribution in [0.2, 0.25) is 0 Å². The van der Waals surface area contributed by atoms with E-state index in [2.05, 4.69) is 43.4 Å². The molecule has 0 bridgehead atoms. The lowest BCUT2D eigenvalue weighted by molar-refractivity contribution is 0.288. The van der Waals surface area contributed by atoms with Gasteiger partial charge in [0, 0.05) is 6.04 Å². The number of rotatable bonds is 5. The van der Waals surface area contributed by atoms with E-state index < -0.39 is 0 Å². The van der Waals surface area contributed by atoms with E-state index in [0.717, 1.165) is 5.92 Å². The Balaban J connectivity index is 1.73. The van der Waals surface area contributed by atoms with Gasteiger partial charge < -0.3 is 5.32 Å². The first kappa shape index (κ1) is 11.7. The summed E-state index contributed by atoms with van der Waals surface area (Å²) in [5.74, 6) is 1.01. The minimum absolute atomic E-state index is 0.487. The monoisotopic (exact) mass is 217 g/mol. The first-order valence-corrected chi connectivity index (χ1v) is 6.55. The Morgan fingerprint density at radius 2 is 1.94 bits per heavy atom. The standard InChI is InChI=1S/C15H23N/c1-12-6-8-15(9-7-12)13(2)16-11-10-14-4-3-5-14/h6-9,13-14,16H,3-5,10-11H2,1-2H3. The van der Waals surface area contributed by atoms with E-state index in [9.17, 15) is 0 Å². The minimum Gasteiger partial charge on any atom is -0.310 e. The summed E-state index contributed by atoms with van der Waals surface area (Å²) >= 11 is 0. The third-order valence-corrected chi connectivity index (χ3v) is 3.81. The zero-order valence-electron chi connectivity index (χ0n) is 10.5. The molecule has 88 valence electrons. The molecule has 0 amide bonds. The van der Waals surface area contributed by atoms with E-state index in [-0.39, 0.29) is 0 Å². The zero-order chi connectivity index (χ0) is 11.4. The summed E-state index contributed by atoms with van der Waals surface area (Å²) in [6.07, 6.45) is 5.73. The van der Waals surface area contributed by atoms with Gasteiger partial charge in [0.05, 0.1) is 0 Å². The number of hydrogen-bond acceptors (Lipinski definition) is 1. The molecule has 0 saturated heterocycles. The summed E-state index contributed by atoms with van der Waals surface area (Å²) < 4.78 is 0. The molecule has 1 nitrogen and oxygen atoms in total. The van der Waals surface area contributed by atoms with Crippen LogP contribution < -0.4 is 5.32 Å². The Bertz CT molecular complexity index is 311. The molecule has 1 saturated carbocycles. The van der Waals surface area contributed by atoms with Crippen LogP contribution in [0.1, 0.15) is 49.8 Å². The molecular weight excluding hydrogens is 194 g/mol. The van der Waals surface area contributed by atoms with E-state index in [1.165, 1.54) is 43.4 Å². The lowest BCUT2D eigenvalue weighted by Crippen LogP contribution is -2.24. The summed E-state index contributed by atoms with van der Waals surface area (Å²) in [7, 11) is 0. The van der Waals surface area contributed by atoms with E-state index in [1.54, 1.807) is 0 Å². The van der Waals surface area contributed by atoms with Crippen LogP contribution in [0.25, 0.3) is 0 Å². The van der Waals surface area contributed by atoms with Crippen molar-refractivity contribution < 1.29 is 0 Å². The highest BCUT2D eigenvalue weighted by molar-refractivity contribution is 5.23. The van der Waals surface area contributed by atoms with Crippen LogP contribution in [-0.2, 0) is 0 Å². The molecule has 1 heteroatoms. The van der Waals surface area contributed by atoms with Crippen LogP contribution >= 0.6 is 0 Å². The van der Waals surface area contributed by atoms with Crippen LogP contribution in [0.5, 0.6) is 0 Å². The molecule has 1 aromatic rings. The molecule has 16 heavy (non-hydrogen) atoms. The third-order valence-electron chi connectivity index (χ3n) is 3.81. The van der Waals surface area contributed by atoms with Gasteiger partial charge in [0.1, 0.15) is 0 Å². The first-order valence-electron chi connectivity index (χ1n) is 6.55. The van der Waals surface area contributed by atoms with Crippen LogP contribution in [-0.4, -0.2) is 6.54 Å². The van der Waals surface area contributed by atoms with Crippen LogP contribution in [0.4, 0.5) is 0 Å². The normalized spacial score (nSPS) is 18.1. The second-order valence-electron chi connectivity index (χ2n) is 5.17. The predicted octanol–water partition coefficient (Wildman–Crippen LogP) is 3.84. The Labute approximate surface area is 99.3 Å². The van der Waals surface area contributed by atoms with Gasteiger partial charge in [-0.05, 0) is 38.3 Å². The maximum atomic E-state index is 3.62. The van der Waals surface area contributed by atoms with Gasteiger partial charge in [-0.1, -0.05) is 49.1 Å². The molecule has 0 spiro atoms. The van der Waals surface area contributed by atoms with Gasteiger partial charge in [0.2, 0.25) is 0 Å². The van der Waals surface area contributed by atoms with Crippen molar-refractivity contribution in [1.82, 2.24) is 5.32 Å². The average molecular weight is 217 g/mol. The van der Waals surface area contributed by atoms with Crippen molar-refractivity contribution in [3.05, 3.63) is 35.4 Å². The summed E-state index contributed by atoms with van der Waals surface area (Å²) in [6.45, 7) is 5.56. The van der Waals surface area contributed by atoms with Gasteiger partial charge in [-0.2, -0.15) is 0 Å². The van der Waals surface area contributed by atoms with Crippen molar-refractivity contribution in [2.75, 3.05) is 6.54 Å². The Morgan fingerprint density at radius 3 is 2.50 bits per heavy atom. The zero-order valence-corrected chi connectivity index (χ0v) is 10.5. The molecule has 1 aliphatic carbocycles. The fourth-order valence-corrected chi connectivity index (χ4v) is 2.26. The lowest BCUT2D eigenvalue weighted by Gasteiger charge is -2.26. The van der Waals surface area contributed by atoms with E-state index in [1.807, 2.05) is 0 Å². The topological polar surface area (TPSA) is 12.0 Å². The smallest absolute Gasteiger partial charge is 0.0291 e. The van der Waals surface area contributed by atoms with Gasteiger partial charge in [0.15, 0.2) is 0 Å². The van der Waals surface area contributed by atoms with Crippen LogP contribution in [0.15, 0.2) is 24.3 Å². The van der Waals surface area contributed by atoms with Gasteiger partial charge in [-0.15, -0.1) is 0 Å². The molecule has 1 aromatic carbocycles. The number of hydrogen-bond donors (Lipinski definition) is 1. The summed E-state index contributed by atoms with van der Waals surface area (Å²) in [5.41, 5.74) is 2.74. The molecule has 0 aromatic heterocycles. The molecular formula is C15H23N. The predicted molar refractivity (Wildman–Crippen MR) is 69.6 cm³/mol. The van der Waals surface area contributed by atoms with E-state index in [4.69, 9.17) is 0 Å². The SMILES string of the molecule is Cc1ccc(C(C)NCCC2CCC2)cc1. The van der Waals surface area contributed by atoms with E-state index >= 15 is 0 Å². The van der Waals surface area contributed by atoms with Gasteiger partial charge >= 0.3 is 0 Å². The Kier molecular flexibility index (Phi) is 4.00. The Hall–Kier alpha value is -0.820. The van der Waals surface area contributed by atoms with Crippen molar-refractivity contribution in [3.8, 4) is 0 Å². The van der Waals surface area contributed by atoms with Crippen molar-refractivity contribution in [2.45, 2.75) is 45.6 Å². The molecule has 0 heterocycles. The van der Waals surface area contributed by atoms with Gasteiger partial charge in [-0.3, -0.25) is 0 Å². The maximum absolute atomic E-state index is 3.62. The molecule has 1 fully saturated rings. The average Bonchev–Trinajstić information content (AvgIpc) is 2.22. The maximum Gasteiger partial charge on any atom is 0.0291 e. The second-order valence-corrected chi connectivity index (χ2v) is 5.17. The second kappa shape index (κ2) is 5.49.